The molecule has 0 spiro atoms. The van der Waals surface area contributed by atoms with Crippen molar-refractivity contribution in [2.45, 2.75) is 19.9 Å². The number of carbonyl (C=O) groups excluding carboxylic acids is 2. The zero-order chi connectivity index (χ0) is 18.9. The molecule has 1 aromatic carbocycles. The van der Waals surface area contributed by atoms with E-state index in [1.54, 1.807) is 20.0 Å². The van der Waals surface area contributed by atoms with Crippen molar-refractivity contribution >= 4 is 11.9 Å². The first-order valence-electron chi connectivity index (χ1n) is 9.07. The van der Waals surface area contributed by atoms with E-state index < -0.39 is 5.97 Å². The van der Waals surface area contributed by atoms with Crippen LogP contribution in [0.5, 0.6) is 0 Å². The second-order valence-electron chi connectivity index (χ2n) is 6.55. The fourth-order valence-corrected chi connectivity index (χ4v) is 3.01. The van der Waals surface area contributed by atoms with Gasteiger partial charge in [0.1, 0.15) is 12.4 Å². The smallest absolute Gasteiger partial charge is 0.325 e. The summed E-state index contributed by atoms with van der Waals surface area (Å²) in [4.78, 5) is 29.5. The number of rotatable bonds is 7. The lowest BCUT2D eigenvalue weighted by molar-refractivity contribution is -0.148. The molecule has 6 nitrogen and oxygen atoms in total. The van der Waals surface area contributed by atoms with Crippen LogP contribution in [0.4, 0.5) is 4.39 Å². The average molecular weight is 365 g/mol. The Morgan fingerprint density at radius 3 is 2.58 bits per heavy atom. The lowest BCUT2D eigenvalue weighted by Crippen LogP contribution is -2.42. The van der Waals surface area contributed by atoms with Gasteiger partial charge in [0, 0.05) is 32.2 Å². The second kappa shape index (κ2) is 10.2. The highest BCUT2D eigenvalue weighted by Gasteiger charge is 2.20. The Balaban J connectivity index is 1.80. The number of halogens is 1. The highest BCUT2D eigenvalue weighted by atomic mass is 19.1. The number of carbonyl (C=O) groups is 2. The van der Waals surface area contributed by atoms with Crippen molar-refractivity contribution in [3.8, 4) is 0 Å². The Labute approximate surface area is 154 Å². The molecule has 144 valence electrons. The maximum atomic E-state index is 13.8. The van der Waals surface area contributed by atoms with E-state index in [2.05, 4.69) is 9.80 Å². The number of hydrogen-bond donors (Lipinski definition) is 0. The van der Waals surface area contributed by atoms with Crippen LogP contribution in [-0.4, -0.2) is 79.5 Å². The summed E-state index contributed by atoms with van der Waals surface area (Å²) in [6, 6.07) is 6.84. The molecule has 0 bridgehead atoms. The molecule has 0 aromatic heterocycles. The van der Waals surface area contributed by atoms with Gasteiger partial charge in [-0.1, -0.05) is 18.2 Å². The summed E-state index contributed by atoms with van der Waals surface area (Å²) in [5.41, 5.74) is 0.700. The molecule has 1 aromatic rings. The maximum Gasteiger partial charge on any atom is 0.325 e. The minimum atomic E-state index is -0.393. The minimum absolute atomic E-state index is 0.0279. The molecule has 0 radical (unpaired) electrons. The summed E-state index contributed by atoms with van der Waals surface area (Å²) in [5.74, 6) is -0.666. The maximum absolute atomic E-state index is 13.8. The van der Waals surface area contributed by atoms with E-state index >= 15 is 0 Å². The van der Waals surface area contributed by atoms with Crippen LogP contribution in [-0.2, 0) is 20.9 Å². The summed E-state index contributed by atoms with van der Waals surface area (Å²) in [7, 11) is 1.61. The van der Waals surface area contributed by atoms with Gasteiger partial charge in [-0.15, -0.1) is 0 Å². The van der Waals surface area contributed by atoms with Crippen molar-refractivity contribution < 1.29 is 18.7 Å². The van der Waals surface area contributed by atoms with Gasteiger partial charge in [0.05, 0.1) is 13.2 Å². The molecule has 1 aliphatic rings. The number of ether oxygens (including phenoxy) is 1. The van der Waals surface area contributed by atoms with Crippen LogP contribution in [0.1, 0.15) is 18.9 Å². The summed E-state index contributed by atoms with van der Waals surface area (Å²) in [5, 5.41) is 0. The van der Waals surface area contributed by atoms with Gasteiger partial charge in [-0.05, 0) is 32.5 Å². The van der Waals surface area contributed by atoms with Gasteiger partial charge >= 0.3 is 5.97 Å². The first-order valence-corrected chi connectivity index (χ1v) is 9.07. The van der Waals surface area contributed by atoms with E-state index in [0.717, 1.165) is 32.6 Å². The third-order valence-corrected chi connectivity index (χ3v) is 4.49. The number of amides is 1. The van der Waals surface area contributed by atoms with Crippen LogP contribution in [0.15, 0.2) is 24.3 Å². The SMILES string of the molecule is CCOC(=O)CN(C)C(=O)CN1CCCN(Cc2ccccc2F)CC1. The van der Waals surface area contributed by atoms with Gasteiger partial charge in [-0.25, -0.2) is 4.39 Å². The molecule has 0 aliphatic carbocycles. The normalized spacial score (nSPS) is 16.1. The van der Waals surface area contributed by atoms with Crippen molar-refractivity contribution in [2.24, 2.45) is 0 Å². The van der Waals surface area contributed by atoms with Gasteiger partial charge in [-0.2, -0.15) is 0 Å². The number of benzene rings is 1. The fourth-order valence-electron chi connectivity index (χ4n) is 3.01. The number of likely N-dealkylation sites (N-methyl/N-ethyl adjacent to an activating group) is 1. The summed E-state index contributed by atoms with van der Waals surface area (Å²) in [6.45, 7) is 6.09. The van der Waals surface area contributed by atoms with Crippen LogP contribution >= 0.6 is 0 Å². The summed E-state index contributed by atoms with van der Waals surface area (Å²) in [6.07, 6.45) is 0.920. The Morgan fingerprint density at radius 2 is 1.85 bits per heavy atom. The predicted octanol–water partition coefficient (Wildman–Crippen LogP) is 1.35. The zero-order valence-corrected chi connectivity index (χ0v) is 15.6. The monoisotopic (exact) mass is 365 g/mol. The van der Waals surface area contributed by atoms with Gasteiger partial charge in [0.2, 0.25) is 5.91 Å². The van der Waals surface area contributed by atoms with E-state index in [9.17, 15) is 14.0 Å². The van der Waals surface area contributed by atoms with Crippen molar-refractivity contribution in [1.29, 1.82) is 0 Å². The molecule has 1 heterocycles. The molecule has 0 N–H and O–H groups in total. The molecule has 1 fully saturated rings. The first kappa shape index (κ1) is 20.3. The lowest BCUT2D eigenvalue weighted by atomic mass is 10.2. The molecule has 0 unspecified atom stereocenters. The van der Waals surface area contributed by atoms with Crippen LogP contribution in [0.3, 0.4) is 0 Å². The van der Waals surface area contributed by atoms with Crippen LogP contribution < -0.4 is 0 Å². The largest absolute Gasteiger partial charge is 0.465 e. The molecular formula is C19H28FN3O3. The van der Waals surface area contributed by atoms with E-state index in [-0.39, 0.29) is 24.8 Å². The third kappa shape index (κ3) is 6.38. The molecule has 7 heteroatoms. The Hall–Kier alpha value is -1.99. The molecule has 2 rings (SSSR count). The van der Waals surface area contributed by atoms with Gasteiger partial charge in [0.15, 0.2) is 0 Å². The summed E-state index contributed by atoms with van der Waals surface area (Å²) >= 11 is 0. The highest BCUT2D eigenvalue weighted by molar-refractivity contribution is 5.83. The molecule has 0 atom stereocenters. The van der Waals surface area contributed by atoms with Crippen LogP contribution in [0, 0.1) is 5.82 Å². The van der Waals surface area contributed by atoms with E-state index in [0.29, 0.717) is 18.7 Å². The average Bonchev–Trinajstić information content (AvgIpc) is 2.82. The minimum Gasteiger partial charge on any atom is -0.465 e. The molecule has 1 amide bonds. The zero-order valence-electron chi connectivity index (χ0n) is 15.6. The number of esters is 1. The molecule has 1 aliphatic heterocycles. The first-order chi connectivity index (χ1) is 12.5. The van der Waals surface area contributed by atoms with Crippen LogP contribution in [0.25, 0.3) is 0 Å². The predicted molar refractivity (Wildman–Crippen MR) is 97.0 cm³/mol. The highest BCUT2D eigenvalue weighted by Crippen LogP contribution is 2.12. The van der Waals surface area contributed by atoms with E-state index in [1.807, 2.05) is 12.1 Å². The van der Waals surface area contributed by atoms with Gasteiger partial charge in [0.25, 0.3) is 0 Å². The topological polar surface area (TPSA) is 53.1 Å². The summed E-state index contributed by atoms with van der Waals surface area (Å²) < 4.78 is 18.7. The van der Waals surface area contributed by atoms with Crippen LogP contribution in [0.2, 0.25) is 0 Å². The van der Waals surface area contributed by atoms with Gasteiger partial charge < -0.3 is 9.64 Å². The fraction of sp³-hybridized carbons (Fsp3) is 0.579. The van der Waals surface area contributed by atoms with Crippen molar-refractivity contribution in [2.75, 3.05) is 52.9 Å². The van der Waals surface area contributed by atoms with E-state index in [4.69, 9.17) is 4.74 Å². The van der Waals surface area contributed by atoms with Crippen molar-refractivity contribution in [1.82, 2.24) is 14.7 Å². The molecular weight excluding hydrogens is 337 g/mol. The molecule has 26 heavy (non-hydrogen) atoms. The molecule has 1 saturated heterocycles. The van der Waals surface area contributed by atoms with E-state index in [1.165, 1.54) is 11.0 Å². The lowest BCUT2D eigenvalue weighted by Gasteiger charge is -2.24. The third-order valence-electron chi connectivity index (χ3n) is 4.49. The molecule has 0 saturated carbocycles. The second-order valence-corrected chi connectivity index (χ2v) is 6.55. The number of nitrogens with zero attached hydrogens (tertiary/aromatic N) is 3. The van der Waals surface area contributed by atoms with Crippen molar-refractivity contribution in [3.05, 3.63) is 35.6 Å². The Morgan fingerprint density at radius 1 is 1.15 bits per heavy atom. The Kier molecular flexibility index (Phi) is 8.00. The Bertz CT molecular complexity index is 611. The van der Waals surface area contributed by atoms with Gasteiger partial charge in [-0.3, -0.25) is 19.4 Å². The number of hydrogen-bond acceptors (Lipinski definition) is 5. The van der Waals surface area contributed by atoms with Crippen molar-refractivity contribution in [3.63, 3.8) is 0 Å². The standard InChI is InChI=1S/C19H28FN3O3/c1-3-26-19(25)15-21(2)18(24)14-23-10-6-9-22(11-12-23)13-16-7-4-5-8-17(16)20/h4-5,7-8H,3,6,9-15H2,1-2H3. The quantitative estimate of drug-likeness (QED) is 0.683.